The summed E-state index contributed by atoms with van der Waals surface area (Å²) in [7, 11) is 3.10. The zero-order valence-corrected chi connectivity index (χ0v) is 15.2. The van der Waals surface area contributed by atoms with E-state index < -0.39 is 5.92 Å². The molecule has 0 radical (unpaired) electrons. The highest BCUT2D eigenvalue weighted by Gasteiger charge is 2.35. The zero-order valence-electron chi connectivity index (χ0n) is 14.5. The van der Waals surface area contributed by atoms with Crippen LogP contribution in [0.3, 0.4) is 0 Å². The highest BCUT2D eigenvalue weighted by Crippen LogP contribution is 2.31. The second-order valence-corrected chi connectivity index (χ2v) is 6.37. The molecule has 26 heavy (non-hydrogen) atoms. The molecule has 1 aliphatic heterocycles. The number of rotatable bonds is 5. The van der Waals surface area contributed by atoms with E-state index in [2.05, 4.69) is 5.32 Å². The van der Waals surface area contributed by atoms with Gasteiger partial charge < -0.3 is 19.7 Å². The zero-order chi connectivity index (χ0) is 18.7. The molecule has 2 aromatic rings. The number of nitrogens with one attached hydrogen (secondary N) is 1. The number of hydrogen-bond acceptors (Lipinski definition) is 4. The normalized spacial score (nSPS) is 16.5. The third kappa shape index (κ3) is 3.75. The van der Waals surface area contributed by atoms with Crippen LogP contribution < -0.4 is 19.7 Å². The van der Waals surface area contributed by atoms with Gasteiger partial charge in [0.15, 0.2) is 0 Å². The van der Waals surface area contributed by atoms with Gasteiger partial charge in [-0.3, -0.25) is 9.59 Å². The molecule has 1 N–H and O–H groups in total. The van der Waals surface area contributed by atoms with E-state index in [0.717, 1.165) is 5.69 Å². The van der Waals surface area contributed by atoms with Crippen molar-refractivity contribution >= 4 is 34.8 Å². The fourth-order valence-corrected chi connectivity index (χ4v) is 3.08. The summed E-state index contributed by atoms with van der Waals surface area (Å²) in [5.41, 5.74) is 1.23. The number of anilines is 2. The number of carbonyl (C=O) groups excluding carboxylic acids is 2. The Bertz CT molecular complexity index is 823. The lowest BCUT2D eigenvalue weighted by Gasteiger charge is -2.17. The maximum atomic E-state index is 12.6. The number of hydrogen-bond donors (Lipinski definition) is 1. The van der Waals surface area contributed by atoms with Crippen LogP contribution in [0.5, 0.6) is 11.5 Å². The SMILES string of the molecule is COc1ccc(N2C[C@H](C(=O)Nc3cc(Cl)ccc3OC)CC2=O)cc1. The van der Waals surface area contributed by atoms with Crippen LogP contribution in [0.25, 0.3) is 0 Å². The van der Waals surface area contributed by atoms with E-state index >= 15 is 0 Å². The predicted octanol–water partition coefficient (Wildman–Crippen LogP) is 3.35. The van der Waals surface area contributed by atoms with Crippen molar-refractivity contribution in [3.63, 3.8) is 0 Å². The molecule has 1 atom stereocenters. The van der Waals surface area contributed by atoms with Gasteiger partial charge in [-0.05, 0) is 42.5 Å². The molecular weight excluding hydrogens is 356 g/mol. The monoisotopic (exact) mass is 374 g/mol. The molecule has 1 saturated heterocycles. The number of benzene rings is 2. The molecule has 6 nitrogen and oxygen atoms in total. The number of halogens is 1. The quantitative estimate of drug-likeness (QED) is 0.871. The molecule has 3 rings (SSSR count). The summed E-state index contributed by atoms with van der Waals surface area (Å²) < 4.78 is 10.4. The Balaban J connectivity index is 1.71. The minimum absolute atomic E-state index is 0.0895. The molecule has 1 fully saturated rings. The van der Waals surface area contributed by atoms with Crippen LogP contribution in [-0.4, -0.2) is 32.6 Å². The molecule has 0 aliphatic carbocycles. The minimum atomic E-state index is -0.451. The highest BCUT2D eigenvalue weighted by atomic mass is 35.5. The van der Waals surface area contributed by atoms with Crippen molar-refractivity contribution in [2.75, 3.05) is 31.0 Å². The van der Waals surface area contributed by atoms with Crippen molar-refractivity contribution in [1.29, 1.82) is 0 Å². The van der Waals surface area contributed by atoms with Gasteiger partial charge in [0.05, 0.1) is 25.8 Å². The first-order valence-corrected chi connectivity index (χ1v) is 8.48. The van der Waals surface area contributed by atoms with E-state index in [4.69, 9.17) is 21.1 Å². The molecule has 0 bridgehead atoms. The van der Waals surface area contributed by atoms with Gasteiger partial charge in [-0.15, -0.1) is 0 Å². The van der Waals surface area contributed by atoms with Gasteiger partial charge in [-0.1, -0.05) is 11.6 Å². The summed E-state index contributed by atoms with van der Waals surface area (Å²) >= 11 is 5.99. The standard InChI is InChI=1S/C19H19ClN2O4/c1-25-15-6-4-14(5-7-15)22-11-12(9-18(22)23)19(24)21-16-10-13(20)3-8-17(16)26-2/h3-8,10,12H,9,11H2,1-2H3,(H,21,24)/t12-/m1/s1. The van der Waals surface area contributed by atoms with Gasteiger partial charge in [-0.25, -0.2) is 0 Å². The molecule has 1 aliphatic rings. The van der Waals surface area contributed by atoms with E-state index in [1.807, 2.05) is 0 Å². The van der Waals surface area contributed by atoms with E-state index in [0.29, 0.717) is 28.8 Å². The van der Waals surface area contributed by atoms with Crippen LogP contribution in [-0.2, 0) is 9.59 Å². The predicted molar refractivity (Wildman–Crippen MR) is 100 cm³/mol. The van der Waals surface area contributed by atoms with E-state index in [1.54, 1.807) is 54.5 Å². The van der Waals surface area contributed by atoms with Gasteiger partial charge in [0.1, 0.15) is 11.5 Å². The average molecular weight is 375 g/mol. The van der Waals surface area contributed by atoms with Gasteiger partial charge in [-0.2, -0.15) is 0 Å². The van der Waals surface area contributed by atoms with E-state index in [1.165, 1.54) is 7.11 Å². The number of ether oxygens (including phenoxy) is 2. The van der Waals surface area contributed by atoms with Gasteiger partial charge in [0, 0.05) is 23.7 Å². The summed E-state index contributed by atoms with van der Waals surface area (Å²) in [6.07, 6.45) is 0.154. The third-order valence-electron chi connectivity index (χ3n) is 4.30. The molecule has 2 amide bonds. The molecule has 136 valence electrons. The van der Waals surface area contributed by atoms with Crippen LogP contribution in [0.15, 0.2) is 42.5 Å². The van der Waals surface area contributed by atoms with Crippen LogP contribution in [0.2, 0.25) is 5.02 Å². The van der Waals surface area contributed by atoms with Crippen molar-refractivity contribution in [3.8, 4) is 11.5 Å². The fraction of sp³-hybridized carbons (Fsp3) is 0.263. The fourth-order valence-electron chi connectivity index (χ4n) is 2.91. The van der Waals surface area contributed by atoms with Crippen molar-refractivity contribution in [2.45, 2.75) is 6.42 Å². The molecule has 0 spiro atoms. The van der Waals surface area contributed by atoms with E-state index in [-0.39, 0.29) is 18.2 Å². The van der Waals surface area contributed by atoms with Gasteiger partial charge >= 0.3 is 0 Å². The molecular formula is C19H19ClN2O4. The lowest BCUT2D eigenvalue weighted by molar-refractivity contribution is -0.122. The minimum Gasteiger partial charge on any atom is -0.497 e. The Hall–Kier alpha value is -2.73. The van der Waals surface area contributed by atoms with Crippen molar-refractivity contribution in [2.24, 2.45) is 5.92 Å². The summed E-state index contributed by atoms with van der Waals surface area (Å²) in [6, 6.07) is 12.2. The summed E-state index contributed by atoms with van der Waals surface area (Å²) in [4.78, 5) is 26.6. The number of carbonyl (C=O) groups is 2. The van der Waals surface area contributed by atoms with Crippen LogP contribution in [0.1, 0.15) is 6.42 Å². The number of nitrogens with zero attached hydrogens (tertiary/aromatic N) is 1. The summed E-state index contributed by atoms with van der Waals surface area (Å²) in [5, 5.41) is 3.30. The van der Waals surface area contributed by atoms with Crippen molar-refractivity contribution in [1.82, 2.24) is 0 Å². The Morgan fingerprint density at radius 1 is 1.15 bits per heavy atom. The van der Waals surface area contributed by atoms with Gasteiger partial charge in [0.25, 0.3) is 0 Å². The Labute approximate surface area is 156 Å². The van der Waals surface area contributed by atoms with Crippen LogP contribution in [0.4, 0.5) is 11.4 Å². The third-order valence-corrected chi connectivity index (χ3v) is 4.53. The first-order valence-electron chi connectivity index (χ1n) is 8.10. The maximum absolute atomic E-state index is 12.6. The molecule has 1 heterocycles. The number of methoxy groups -OCH3 is 2. The Morgan fingerprint density at radius 2 is 1.88 bits per heavy atom. The largest absolute Gasteiger partial charge is 0.497 e. The summed E-state index contributed by atoms with van der Waals surface area (Å²) in [5.74, 6) is 0.443. The average Bonchev–Trinajstić information content (AvgIpc) is 3.04. The molecule has 0 unspecified atom stereocenters. The molecule has 7 heteroatoms. The topological polar surface area (TPSA) is 67.9 Å². The second-order valence-electron chi connectivity index (χ2n) is 5.94. The molecule has 2 aromatic carbocycles. The van der Waals surface area contributed by atoms with Gasteiger partial charge in [0.2, 0.25) is 11.8 Å². The van der Waals surface area contributed by atoms with E-state index in [9.17, 15) is 9.59 Å². The van der Waals surface area contributed by atoms with Crippen molar-refractivity contribution < 1.29 is 19.1 Å². The maximum Gasteiger partial charge on any atom is 0.229 e. The van der Waals surface area contributed by atoms with Crippen molar-refractivity contribution in [3.05, 3.63) is 47.5 Å². The van der Waals surface area contributed by atoms with Crippen LogP contribution >= 0.6 is 11.6 Å². The highest BCUT2D eigenvalue weighted by molar-refractivity contribution is 6.31. The first kappa shape index (κ1) is 18.1. The summed E-state index contributed by atoms with van der Waals surface area (Å²) in [6.45, 7) is 0.319. The first-order chi connectivity index (χ1) is 12.5. The Kier molecular flexibility index (Phi) is 5.32. The number of amides is 2. The second kappa shape index (κ2) is 7.66. The Morgan fingerprint density at radius 3 is 2.54 bits per heavy atom. The lowest BCUT2D eigenvalue weighted by Crippen LogP contribution is -2.28. The van der Waals surface area contributed by atoms with Crippen LogP contribution in [0, 0.1) is 5.92 Å². The molecule has 0 saturated carbocycles. The molecule has 0 aromatic heterocycles. The smallest absolute Gasteiger partial charge is 0.229 e. The lowest BCUT2D eigenvalue weighted by atomic mass is 10.1.